The minimum atomic E-state index is 0.315. The van der Waals surface area contributed by atoms with Gasteiger partial charge in [-0.15, -0.1) is 0 Å². The van der Waals surface area contributed by atoms with Crippen molar-refractivity contribution >= 4 is 22.8 Å². The first-order valence-electron chi connectivity index (χ1n) is 7.58. The van der Waals surface area contributed by atoms with Crippen LogP contribution in [0, 0.1) is 0 Å². The van der Waals surface area contributed by atoms with E-state index >= 15 is 0 Å². The number of aryl methyl sites for hydroxylation is 1. The molecule has 2 heterocycles. The molecular formula is C16H23N3S. The first kappa shape index (κ1) is 14.0. The third-order valence-electron chi connectivity index (χ3n) is 4.09. The van der Waals surface area contributed by atoms with Crippen molar-refractivity contribution in [1.82, 2.24) is 14.9 Å². The lowest BCUT2D eigenvalue weighted by Gasteiger charge is -2.26. The van der Waals surface area contributed by atoms with E-state index < -0.39 is 0 Å². The first-order valence-corrected chi connectivity index (χ1v) is 8.74. The summed E-state index contributed by atoms with van der Waals surface area (Å²) in [5.74, 6) is 3.75. The van der Waals surface area contributed by atoms with Gasteiger partial charge in [0.15, 0.2) is 0 Å². The van der Waals surface area contributed by atoms with Crippen molar-refractivity contribution in [2.75, 3.05) is 11.5 Å². The van der Waals surface area contributed by atoms with Gasteiger partial charge in [0.2, 0.25) is 0 Å². The Hall–Kier alpha value is -1.00. The summed E-state index contributed by atoms with van der Waals surface area (Å²) in [6.07, 6.45) is 2.56. The number of aromatic nitrogens is 2. The number of imidazole rings is 1. The molecule has 108 valence electrons. The van der Waals surface area contributed by atoms with Crippen LogP contribution in [0.15, 0.2) is 24.3 Å². The molecule has 3 rings (SSSR count). The van der Waals surface area contributed by atoms with Crippen molar-refractivity contribution in [2.24, 2.45) is 0 Å². The number of benzene rings is 1. The third kappa shape index (κ3) is 2.72. The highest BCUT2D eigenvalue weighted by Crippen LogP contribution is 2.23. The quantitative estimate of drug-likeness (QED) is 0.932. The SMILES string of the molecule is CCn1c([C@H](C)NC2CCSCC2)nc2ccccc21. The van der Waals surface area contributed by atoms with E-state index in [0.717, 1.165) is 12.1 Å². The first-order chi connectivity index (χ1) is 9.79. The van der Waals surface area contributed by atoms with Gasteiger partial charge in [0.05, 0.1) is 17.1 Å². The number of nitrogens with zero attached hydrogens (tertiary/aromatic N) is 2. The van der Waals surface area contributed by atoms with E-state index in [9.17, 15) is 0 Å². The number of fused-ring (bicyclic) bond motifs is 1. The number of nitrogens with one attached hydrogen (secondary N) is 1. The predicted molar refractivity (Wildman–Crippen MR) is 87.3 cm³/mol. The highest BCUT2D eigenvalue weighted by atomic mass is 32.2. The van der Waals surface area contributed by atoms with Crippen LogP contribution in [-0.2, 0) is 6.54 Å². The second-order valence-electron chi connectivity index (χ2n) is 5.48. The van der Waals surface area contributed by atoms with Gasteiger partial charge in [-0.3, -0.25) is 0 Å². The molecule has 0 unspecified atom stereocenters. The van der Waals surface area contributed by atoms with Gasteiger partial charge < -0.3 is 9.88 Å². The van der Waals surface area contributed by atoms with Crippen LogP contribution in [0.2, 0.25) is 0 Å². The van der Waals surface area contributed by atoms with E-state index in [0.29, 0.717) is 12.1 Å². The fourth-order valence-electron chi connectivity index (χ4n) is 3.05. The molecule has 3 nitrogen and oxygen atoms in total. The molecule has 1 atom stereocenters. The molecule has 1 aromatic carbocycles. The summed E-state index contributed by atoms with van der Waals surface area (Å²) < 4.78 is 2.34. The molecule has 4 heteroatoms. The highest BCUT2D eigenvalue weighted by molar-refractivity contribution is 7.99. The maximum atomic E-state index is 4.84. The van der Waals surface area contributed by atoms with Crippen molar-refractivity contribution < 1.29 is 0 Å². The van der Waals surface area contributed by atoms with E-state index in [-0.39, 0.29) is 0 Å². The van der Waals surface area contributed by atoms with Crippen molar-refractivity contribution in [1.29, 1.82) is 0 Å². The Morgan fingerprint density at radius 2 is 2.10 bits per heavy atom. The van der Waals surface area contributed by atoms with Gasteiger partial charge in [-0.2, -0.15) is 11.8 Å². The molecule has 1 fully saturated rings. The molecule has 1 aliphatic heterocycles. The van der Waals surface area contributed by atoms with Crippen molar-refractivity contribution in [2.45, 2.75) is 45.3 Å². The van der Waals surface area contributed by atoms with Gasteiger partial charge >= 0.3 is 0 Å². The molecule has 0 amide bonds. The normalized spacial score (nSPS) is 18.5. The van der Waals surface area contributed by atoms with E-state index in [4.69, 9.17) is 4.98 Å². The van der Waals surface area contributed by atoms with Crippen LogP contribution < -0.4 is 5.32 Å². The molecule has 1 saturated heterocycles. The summed E-state index contributed by atoms with van der Waals surface area (Å²) in [5, 5.41) is 3.77. The molecule has 2 aromatic rings. The molecule has 0 radical (unpaired) electrons. The topological polar surface area (TPSA) is 29.9 Å². The van der Waals surface area contributed by atoms with Crippen LogP contribution in [0.25, 0.3) is 11.0 Å². The highest BCUT2D eigenvalue weighted by Gasteiger charge is 2.20. The molecule has 0 saturated carbocycles. The Bertz CT molecular complexity index is 572. The Kier molecular flexibility index (Phi) is 4.32. The lowest BCUT2D eigenvalue weighted by Crippen LogP contribution is -2.35. The number of para-hydroxylation sites is 2. The fourth-order valence-corrected chi connectivity index (χ4v) is 4.16. The van der Waals surface area contributed by atoms with E-state index in [1.54, 1.807) is 0 Å². The zero-order chi connectivity index (χ0) is 13.9. The van der Waals surface area contributed by atoms with Crippen LogP contribution in [-0.4, -0.2) is 27.1 Å². The van der Waals surface area contributed by atoms with Gasteiger partial charge in [0.25, 0.3) is 0 Å². The zero-order valence-electron chi connectivity index (χ0n) is 12.3. The van der Waals surface area contributed by atoms with Crippen LogP contribution in [0.1, 0.15) is 38.6 Å². The lowest BCUT2D eigenvalue weighted by atomic mass is 10.1. The summed E-state index contributed by atoms with van der Waals surface area (Å²) >= 11 is 2.07. The van der Waals surface area contributed by atoms with Gasteiger partial charge in [0, 0.05) is 12.6 Å². The average molecular weight is 289 g/mol. The monoisotopic (exact) mass is 289 g/mol. The van der Waals surface area contributed by atoms with E-state index in [1.807, 2.05) is 0 Å². The van der Waals surface area contributed by atoms with Crippen LogP contribution in [0.3, 0.4) is 0 Å². The Labute approximate surface area is 125 Å². The van der Waals surface area contributed by atoms with Gasteiger partial charge in [-0.1, -0.05) is 12.1 Å². The largest absolute Gasteiger partial charge is 0.327 e. The van der Waals surface area contributed by atoms with Crippen LogP contribution in [0.4, 0.5) is 0 Å². The minimum absolute atomic E-state index is 0.315. The molecule has 1 N–H and O–H groups in total. The van der Waals surface area contributed by atoms with Gasteiger partial charge in [-0.05, 0) is 50.3 Å². The van der Waals surface area contributed by atoms with Gasteiger partial charge in [-0.25, -0.2) is 4.98 Å². The second-order valence-corrected chi connectivity index (χ2v) is 6.70. The Balaban J connectivity index is 1.84. The van der Waals surface area contributed by atoms with Crippen molar-refractivity contribution in [3.05, 3.63) is 30.1 Å². The smallest absolute Gasteiger partial charge is 0.126 e. The second kappa shape index (κ2) is 6.19. The number of thioether (sulfide) groups is 1. The maximum Gasteiger partial charge on any atom is 0.126 e. The van der Waals surface area contributed by atoms with Crippen LogP contribution >= 0.6 is 11.8 Å². The van der Waals surface area contributed by atoms with Crippen molar-refractivity contribution in [3.63, 3.8) is 0 Å². The molecule has 20 heavy (non-hydrogen) atoms. The Morgan fingerprint density at radius 1 is 1.35 bits per heavy atom. The summed E-state index contributed by atoms with van der Waals surface area (Å²) in [4.78, 5) is 4.84. The summed E-state index contributed by atoms with van der Waals surface area (Å²) in [5.41, 5.74) is 2.36. The molecule has 1 aliphatic rings. The maximum absolute atomic E-state index is 4.84. The van der Waals surface area contributed by atoms with E-state index in [2.05, 4.69) is 59.8 Å². The third-order valence-corrected chi connectivity index (χ3v) is 5.14. The molecule has 1 aromatic heterocycles. The number of hydrogen-bond donors (Lipinski definition) is 1. The summed E-state index contributed by atoms with van der Waals surface area (Å²) in [6, 6.07) is 9.40. The standard InChI is InChI=1S/C16H23N3S/c1-3-19-15-7-5-4-6-14(15)18-16(19)12(2)17-13-8-10-20-11-9-13/h4-7,12-13,17H,3,8-11H2,1-2H3/t12-/m0/s1. The van der Waals surface area contributed by atoms with Gasteiger partial charge in [0.1, 0.15) is 5.82 Å². The Morgan fingerprint density at radius 3 is 2.85 bits per heavy atom. The molecule has 0 bridgehead atoms. The summed E-state index contributed by atoms with van der Waals surface area (Å²) in [7, 11) is 0. The lowest BCUT2D eigenvalue weighted by molar-refractivity contribution is 0.412. The van der Waals surface area contributed by atoms with E-state index in [1.165, 1.54) is 35.7 Å². The number of hydrogen-bond acceptors (Lipinski definition) is 3. The zero-order valence-corrected chi connectivity index (χ0v) is 13.1. The van der Waals surface area contributed by atoms with Crippen LogP contribution in [0.5, 0.6) is 0 Å². The predicted octanol–water partition coefficient (Wildman–Crippen LogP) is 3.60. The molecule has 0 spiro atoms. The number of rotatable bonds is 4. The van der Waals surface area contributed by atoms with Crippen molar-refractivity contribution in [3.8, 4) is 0 Å². The molecule has 0 aliphatic carbocycles. The average Bonchev–Trinajstić information content (AvgIpc) is 2.87. The minimum Gasteiger partial charge on any atom is -0.327 e. The fraction of sp³-hybridized carbons (Fsp3) is 0.562. The molecular weight excluding hydrogens is 266 g/mol. The summed E-state index contributed by atoms with van der Waals surface area (Å²) in [6.45, 7) is 5.42.